The van der Waals surface area contributed by atoms with Gasteiger partial charge in [0.25, 0.3) is 0 Å². The molecule has 78 valence electrons. The van der Waals surface area contributed by atoms with E-state index in [4.69, 9.17) is 4.74 Å². The van der Waals surface area contributed by atoms with Crippen molar-refractivity contribution in [2.75, 3.05) is 6.61 Å². The van der Waals surface area contributed by atoms with Gasteiger partial charge in [-0.2, -0.15) is 5.10 Å². The Morgan fingerprint density at radius 2 is 2.07 bits per heavy atom. The van der Waals surface area contributed by atoms with Crippen molar-refractivity contribution in [2.24, 2.45) is 0 Å². The van der Waals surface area contributed by atoms with E-state index in [9.17, 15) is 0 Å². The van der Waals surface area contributed by atoms with Gasteiger partial charge in [0.1, 0.15) is 6.23 Å². The van der Waals surface area contributed by atoms with Crippen molar-refractivity contribution in [1.29, 1.82) is 0 Å². The number of hydrogen-bond donors (Lipinski definition) is 0. The fourth-order valence-corrected chi connectivity index (χ4v) is 1.94. The van der Waals surface area contributed by atoms with Gasteiger partial charge in [-0.25, -0.2) is 4.68 Å². The zero-order valence-electron chi connectivity index (χ0n) is 9.21. The third kappa shape index (κ3) is 1.57. The molecule has 0 N–H and O–H groups in total. The van der Waals surface area contributed by atoms with Crippen LogP contribution in [0, 0.1) is 20.8 Å². The summed E-state index contributed by atoms with van der Waals surface area (Å²) in [4.78, 5) is 0. The largest absolute Gasteiger partial charge is 0.357 e. The lowest BCUT2D eigenvalue weighted by molar-refractivity contribution is -0.0408. The first-order valence-electron chi connectivity index (χ1n) is 5.34. The maximum atomic E-state index is 5.71. The van der Waals surface area contributed by atoms with Crippen LogP contribution in [0.25, 0.3) is 0 Å². The van der Waals surface area contributed by atoms with E-state index in [-0.39, 0.29) is 6.23 Å². The summed E-state index contributed by atoms with van der Waals surface area (Å²) in [5, 5.41) is 4.53. The van der Waals surface area contributed by atoms with Crippen LogP contribution in [0.5, 0.6) is 0 Å². The van der Waals surface area contributed by atoms with E-state index >= 15 is 0 Å². The molecule has 1 aromatic heterocycles. The summed E-state index contributed by atoms with van der Waals surface area (Å²) in [5.74, 6) is 0. The van der Waals surface area contributed by atoms with Gasteiger partial charge < -0.3 is 4.74 Å². The quantitative estimate of drug-likeness (QED) is 0.686. The average molecular weight is 194 g/mol. The highest BCUT2D eigenvalue weighted by atomic mass is 16.5. The zero-order chi connectivity index (χ0) is 10.1. The minimum atomic E-state index is 0.177. The van der Waals surface area contributed by atoms with Crippen LogP contribution < -0.4 is 0 Å². The Morgan fingerprint density at radius 3 is 2.57 bits per heavy atom. The van der Waals surface area contributed by atoms with Crippen LogP contribution in [0.1, 0.15) is 42.4 Å². The van der Waals surface area contributed by atoms with Crippen molar-refractivity contribution in [3.8, 4) is 0 Å². The molecular formula is C11H18N2O. The van der Waals surface area contributed by atoms with Gasteiger partial charge in [0.15, 0.2) is 0 Å². The summed E-state index contributed by atoms with van der Waals surface area (Å²) in [6, 6.07) is 0. The first-order valence-corrected chi connectivity index (χ1v) is 5.34. The number of nitrogens with zero attached hydrogens (tertiary/aromatic N) is 2. The second-order valence-electron chi connectivity index (χ2n) is 4.06. The van der Waals surface area contributed by atoms with Crippen molar-refractivity contribution in [2.45, 2.75) is 46.3 Å². The highest BCUT2D eigenvalue weighted by Crippen LogP contribution is 2.25. The fourth-order valence-electron chi connectivity index (χ4n) is 1.94. The Labute approximate surface area is 85.1 Å². The molecule has 0 bridgehead atoms. The van der Waals surface area contributed by atoms with Gasteiger partial charge in [0.2, 0.25) is 0 Å². The lowest BCUT2D eigenvalue weighted by atomic mass is 10.2. The van der Waals surface area contributed by atoms with Gasteiger partial charge in [-0.05, 0) is 45.6 Å². The molecule has 0 aliphatic carbocycles. The molecule has 3 heteroatoms. The fraction of sp³-hybridized carbons (Fsp3) is 0.727. The van der Waals surface area contributed by atoms with Crippen LogP contribution in [0.15, 0.2) is 0 Å². The van der Waals surface area contributed by atoms with E-state index in [0.717, 1.165) is 18.7 Å². The molecule has 0 aromatic carbocycles. The second-order valence-corrected chi connectivity index (χ2v) is 4.06. The molecule has 0 radical (unpaired) electrons. The summed E-state index contributed by atoms with van der Waals surface area (Å²) in [6.45, 7) is 7.17. The van der Waals surface area contributed by atoms with Gasteiger partial charge in [0, 0.05) is 12.3 Å². The summed E-state index contributed by atoms with van der Waals surface area (Å²) in [6.07, 6.45) is 3.72. The van der Waals surface area contributed by atoms with E-state index in [1.807, 2.05) is 4.68 Å². The molecule has 1 aromatic rings. The zero-order valence-corrected chi connectivity index (χ0v) is 9.21. The lowest BCUT2D eigenvalue weighted by Crippen LogP contribution is -2.20. The molecule has 1 atom stereocenters. The van der Waals surface area contributed by atoms with Crippen LogP contribution in [0.4, 0.5) is 0 Å². The Kier molecular flexibility index (Phi) is 2.59. The number of aryl methyl sites for hydroxylation is 1. The monoisotopic (exact) mass is 194 g/mol. The van der Waals surface area contributed by atoms with E-state index < -0.39 is 0 Å². The van der Waals surface area contributed by atoms with Gasteiger partial charge in [-0.1, -0.05) is 0 Å². The summed E-state index contributed by atoms with van der Waals surface area (Å²) < 4.78 is 7.76. The number of ether oxygens (including phenoxy) is 1. The van der Waals surface area contributed by atoms with Crippen molar-refractivity contribution < 1.29 is 4.74 Å². The summed E-state index contributed by atoms with van der Waals surface area (Å²) >= 11 is 0. The van der Waals surface area contributed by atoms with Crippen molar-refractivity contribution >= 4 is 0 Å². The highest BCUT2D eigenvalue weighted by Gasteiger charge is 2.19. The Bertz CT molecular complexity index is 324. The molecule has 1 aliphatic rings. The maximum Gasteiger partial charge on any atom is 0.150 e. The highest BCUT2D eigenvalue weighted by molar-refractivity contribution is 5.22. The molecule has 1 aliphatic heterocycles. The Hall–Kier alpha value is -0.830. The van der Waals surface area contributed by atoms with Gasteiger partial charge in [-0.3, -0.25) is 0 Å². The first-order chi connectivity index (χ1) is 6.70. The van der Waals surface area contributed by atoms with Crippen LogP contribution in [-0.4, -0.2) is 16.4 Å². The SMILES string of the molecule is Cc1nn(C2CCCCO2)c(C)c1C. The van der Waals surface area contributed by atoms with Crippen LogP contribution in [-0.2, 0) is 4.74 Å². The Morgan fingerprint density at radius 1 is 1.29 bits per heavy atom. The molecule has 0 saturated carbocycles. The van der Waals surface area contributed by atoms with E-state index in [1.165, 1.54) is 24.1 Å². The molecule has 1 unspecified atom stereocenters. The minimum absolute atomic E-state index is 0.177. The standard InChI is InChI=1S/C11H18N2O/c1-8-9(2)12-13(10(8)3)11-6-4-5-7-14-11/h11H,4-7H2,1-3H3. The smallest absolute Gasteiger partial charge is 0.150 e. The molecule has 0 spiro atoms. The molecular weight excluding hydrogens is 176 g/mol. The van der Waals surface area contributed by atoms with Crippen LogP contribution in [0.2, 0.25) is 0 Å². The van der Waals surface area contributed by atoms with Crippen molar-refractivity contribution in [1.82, 2.24) is 9.78 Å². The normalized spacial score (nSPS) is 22.6. The van der Waals surface area contributed by atoms with Gasteiger partial charge >= 0.3 is 0 Å². The van der Waals surface area contributed by atoms with Gasteiger partial charge in [-0.15, -0.1) is 0 Å². The molecule has 2 heterocycles. The number of rotatable bonds is 1. The van der Waals surface area contributed by atoms with E-state index in [2.05, 4.69) is 25.9 Å². The minimum Gasteiger partial charge on any atom is -0.357 e. The predicted octanol–water partition coefficient (Wildman–Crippen LogP) is 2.51. The topological polar surface area (TPSA) is 27.1 Å². The lowest BCUT2D eigenvalue weighted by Gasteiger charge is -2.24. The third-order valence-corrected chi connectivity index (χ3v) is 3.12. The number of aromatic nitrogens is 2. The average Bonchev–Trinajstić information content (AvgIpc) is 2.47. The van der Waals surface area contributed by atoms with Crippen molar-refractivity contribution in [3.63, 3.8) is 0 Å². The van der Waals surface area contributed by atoms with E-state index in [1.54, 1.807) is 0 Å². The van der Waals surface area contributed by atoms with Crippen LogP contribution >= 0.6 is 0 Å². The van der Waals surface area contributed by atoms with Gasteiger partial charge in [0.05, 0.1) is 5.69 Å². The van der Waals surface area contributed by atoms with E-state index in [0.29, 0.717) is 0 Å². The first kappa shape index (κ1) is 9.71. The summed E-state index contributed by atoms with van der Waals surface area (Å²) in [5.41, 5.74) is 3.66. The molecule has 14 heavy (non-hydrogen) atoms. The molecule has 2 rings (SSSR count). The number of hydrogen-bond acceptors (Lipinski definition) is 2. The van der Waals surface area contributed by atoms with Crippen LogP contribution in [0.3, 0.4) is 0 Å². The summed E-state index contributed by atoms with van der Waals surface area (Å²) in [7, 11) is 0. The maximum absolute atomic E-state index is 5.71. The molecule has 0 amide bonds. The molecule has 3 nitrogen and oxygen atoms in total. The Balaban J connectivity index is 2.26. The molecule has 1 fully saturated rings. The second kappa shape index (κ2) is 3.73. The third-order valence-electron chi connectivity index (χ3n) is 3.12. The van der Waals surface area contributed by atoms with Crippen molar-refractivity contribution in [3.05, 3.63) is 17.0 Å². The predicted molar refractivity (Wildman–Crippen MR) is 55.3 cm³/mol. The molecule has 1 saturated heterocycles.